The van der Waals surface area contributed by atoms with E-state index < -0.39 is 13.7 Å². The largest absolute Gasteiger partial charge is 0.491 e. The second-order valence-electron chi connectivity index (χ2n) is 12.6. The Morgan fingerprint density at radius 1 is 1.10 bits per heavy atom. The number of pyridine rings is 2. The molecule has 0 N–H and O–H groups in total. The van der Waals surface area contributed by atoms with Crippen LogP contribution in [0.25, 0.3) is 17.0 Å². The van der Waals surface area contributed by atoms with E-state index in [-0.39, 0.29) is 24.3 Å². The van der Waals surface area contributed by atoms with Gasteiger partial charge in [0.1, 0.15) is 29.4 Å². The molecule has 0 aliphatic carbocycles. The Bertz CT molecular complexity index is 1460. The third-order valence-electron chi connectivity index (χ3n) is 6.78. The number of nitrogens with zero attached hydrogens (tertiary/aromatic N) is 6. The van der Waals surface area contributed by atoms with Crippen LogP contribution >= 0.6 is 11.6 Å². The first-order valence-corrected chi connectivity index (χ1v) is 18.6. The van der Waals surface area contributed by atoms with Gasteiger partial charge >= 0.3 is 11.8 Å². The van der Waals surface area contributed by atoms with Crippen LogP contribution in [-0.4, -0.2) is 83.2 Å². The number of hydrogen-bond acceptors (Lipinski definition) is 8. The van der Waals surface area contributed by atoms with Crippen molar-refractivity contribution in [3.05, 3.63) is 39.9 Å². The lowest BCUT2D eigenvalue weighted by molar-refractivity contribution is 0.0263. The fraction of sp³-hybridized carbons (Fsp3) is 0.586. The number of amides is 1. The molecule has 3 aromatic heterocycles. The number of carbonyl (C=O) groups excluding carboxylic acids is 1. The third-order valence-corrected chi connectivity index (χ3v) is 8.78. The lowest BCUT2D eigenvalue weighted by Crippen LogP contribution is -2.39. The van der Waals surface area contributed by atoms with Crippen molar-refractivity contribution in [3.8, 4) is 11.6 Å². The molecule has 0 aromatic carbocycles. The average Bonchev–Trinajstić information content (AvgIpc) is 3.03. The maximum absolute atomic E-state index is 14.0. The standard InChI is InChI=1S/C29H43ClN6O5Si/c1-8-40-22-12-13-31-26-24(22)36(27(37)35(26)20-39-18-19-42(5,6)7)25-21(30)10-11-23(32-25)33-14-9-15-34(17-16-33)28(38)41-29(2,3)4/h10-13H,8-9,14-20H2,1-7H3. The van der Waals surface area contributed by atoms with Crippen LogP contribution in [0.3, 0.4) is 0 Å². The first kappa shape index (κ1) is 31.8. The molecule has 0 bridgehead atoms. The number of anilines is 1. The lowest BCUT2D eigenvalue weighted by atomic mass is 10.2. The molecular formula is C29H43ClN6O5Si. The number of hydrogen-bond donors (Lipinski definition) is 0. The summed E-state index contributed by atoms with van der Waals surface area (Å²) in [5, 5.41) is 0.316. The number of ether oxygens (including phenoxy) is 3. The summed E-state index contributed by atoms with van der Waals surface area (Å²) in [6.07, 6.45) is 2.04. The molecule has 0 atom stereocenters. The summed E-state index contributed by atoms with van der Waals surface area (Å²) in [7, 11) is -1.30. The van der Waals surface area contributed by atoms with Gasteiger partial charge in [-0.1, -0.05) is 31.2 Å². The van der Waals surface area contributed by atoms with Crippen molar-refractivity contribution in [2.45, 2.75) is 72.1 Å². The highest BCUT2D eigenvalue weighted by Crippen LogP contribution is 2.30. The summed E-state index contributed by atoms with van der Waals surface area (Å²) in [5.74, 6) is 1.44. The minimum absolute atomic E-state index is 0.0549. The molecule has 1 aliphatic rings. The zero-order chi connectivity index (χ0) is 30.7. The van der Waals surface area contributed by atoms with Crippen molar-refractivity contribution in [1.29, 1.82) is 0 Å². The van der Waals surface area contributed by atoms with Crippen molar-refractivity contribution in [3.63, 3.8) is 0 Å². The van der Waals surface area contributed by atoms with E-state index in [1.807, 2.05) is 33.8 Å². The smallest absolute Gasteiger partial charge is 0.410 e. The predicted molar refractivity (Wildman–Crippen MR) is 168 cm³/mol. The Morgan fingerprint density at radius 2 is 1.86 bits per heavy atom. The SMILES string of the molecule is CCOc1ccnc2c1n(-c1nc(N3CCCN(C(=O)OC(C)(C)C)CC3)ccc1Cl)c(=O)n2COCC[Si](C)(C)C. The molecule has 1 amide bonds. The van der Waals surface area contributed by atoms with E-state index in [4.69, 9.17) is 30.8 Å². The van der Waals surface area contributed by atoms with E-state index in [9.17, 15) is 9.59 Å². The molecule has 230 valence electrons. The summed E-state index contributed by atoms with van der Waals surface area (Å²) < 4.78 is 20.4. The zero-order valence-electron chi connectivity index (χ0n) is 25.8. The first-order chi connectivity index (χ1) is 19.8. The number of imidazole rings is 1. The highest BCUT2D eigenvalue weighted by molar-refractivity contribution is 6.76. The summed E-state index contributed by atoms with van der Waals surface area (Å²) in [5.41, 5.74) is -0.00527. The number of fused-ring (bicyclic) bond motifs is 1. The van der Waals surface area contributed by atoms with Crippen LogP contribution in [0.2, 0.25) is 30.7 Å². The van der Waals surface area contributed by atoms with E-state index in [2.05, 4.69) is 29.5 Å². The normalized spacial score (nSPS) is 14.8. The Balaban J connectivity index is 1.69. The van der Waals surface area contributed by atoms with Gasteiger partial charge in [-0.2, -0.15) is 0 Å². The molecule has 11 nitrogen and oxygen atoms in total. The van der Waals surface area contributed by atoms with Crippen molar-refractivity contribution >= 4 is 42.7 Å². The summed E-state index contributed by atoms with van der Waals surface area (Å²) in [4.78, 5) is 39.8. The molecule has 0 unspecified atom stereocenters. The minimum atomic E-state index is -1.30. The molecule has 1 saturated heterocycles. The zero-order valence-corrected chi connectivity index (χ0v) is 27.5. The molecule has 0 radical (unpaired) electrons. The van der Waals surface area contributed by atoms with Crippen LogP contribution in [0, 0.1) is 0 Å². The fourth-order valence-corrected chi connectivity index (χ4v) is 5.62. The van der Waals surface area contributed by atoms with Crippen molar-refractivity contribution in [2.75, 3.05) is 44.3 Å². The second-order valence-corrected chi connectivity index (χ2v) is 18.6. The van der Waals surface area contributed by atoms with Gasteiger partial charge in [-0.05, 0) is 52.3 Å². The van der Waals surface area contributed by atoms with Crippen LogP contribution in [0.4, 0.5) is 10.6 Å². The molecule has 42 heavy (non-hydrogen) atoms. The summed E-state index contributed by atoms with van der Waals surface area (Å²) in [6.45, 7) is 17.6. The minimum Gasteiger partial charge on any atom is -0.491 e. The molecule has 3 aromatic rings. The molecule has 0 spiro atoms. The summed E-state index contributed by atoms with van der Waals surface area (Å²) in [6, 6.07) is 6.29. The quantitative estimate of drug-likeness (QED) is 0.232. The van der Waals surface area contributed by atoms with Crippen LogP contribution in [0.5, 0.6) is 5.75 Å². The molecule has 0 saturated carbocycles. The van der Waals surface area contributed by atoms with Gasteiger partial charge in [0.05, 0.1) is 11.6 Å². The fourth-order valence-electron chi connectivity index (χ4n) is 4.67. The predicted octanol–water partition coefficient (Wildman–Crippen LogP) is 5.39. The third kappa shape index (κ3) is 7.64. The summed E-state index contributed by atoms with van der Waals surface area (Å²) >= 11 is 6.71. The molecule has 1 aliphatic heterocycles. The molecule has 4 heterocycles. The van der Waals surface area contributed by atoms with Gasteiger partial charge < -0.3 is 24.0 Å². The number of carbonyl (C=O) groups is 1. The van der Waals surface area contributed by atoms with Crippen LogP contribution in [-0.2, 0) is 16.2 Å². The van der Waals surface area contributed by atoms with Gasteiger partial charge in [0.15, 0.2) is 11.5 Å². The van der Waals surface area contributed by atoms with Crippen LogP contribution in [0.1, 0.15) is 34.1 Å². The molecule has 1 fully saturated rings. The van der Waals surface area contributed by atoms with Gasteiger partial charge in [-0.3, -0.25) is 4.57 Å². The van der Waals surface area contributed by atoms with Gasteiger partial charge in [-0.25, -0.2) is 24.1 Å². The van der Waals surface area contributed by atoms with E-state index in [1.165, 1.54) is 9.13 Å². The highest BCUT2D eigenvalue weighted by atomic mass is 35.5. The topological polar surface area (TPSA) is 104 Å². The van der Waals surface area contributed by atoms with Crippen molar-refractivity contribution in [1.82, 2.24) is 24.0 Å². The lowest BCUT2D eigenvalue weighted by Gasteiger charge is -2.26. The van der Waals surface area contributed by atoms with Crippen LogP contribution < -0.4 is 15.3 Å². The van der Waals surface area contributed by atoms with Gasteiger partial charge in [-0.15, -0.1) is 0 Å². The number of aromatic nitrogens is 4. The first-order valence-electron chi connectivity index (χ1n) is 14.5. The maximum Gasteiger partial charge on any atom is 0.410 e. The van der Waals surface area contributed by atoms with Gasteiger partial charge in [0.2, 0.25) is 0 Å². The van der Waals surface area contributed by atoms with Gasteiger partial charge in [0, 0.05) is 53.1 Å². The van der Waals surface area contributed by atoms with Gasteiger partial charge in [0.25, 0.3) is 0 Å². The molecular weight excluding hydrogens is 576 g/mol. The van der Waals surface area contributed by atoms with E-state index in [0.29, 0.717) is 67.1 Å². The van der Waals surface area contributed by atoms with Crippen molar-refractivity contribution < 1.29 is 19.0 Å². The van der Waals surface area contributed by atoms with E-state index >= 15 is 0 Å². The van der Waals surface area contributed by atoms with E-state index in [0.717, 1.165) is 12.5 Å². The molecule has 13 heteroatoms. The monoisotopic (exact) mass is 618 g/mol. The molecule has 4 rings (SSSR count). The second kappa shape index (κ2) is 13.0. The number of halogens is 1. The Hall–Kier alpha value is -3.09. The van der Waals surface area contributed by atoms with Crippen LogP contribution in [0.15, 0.2) is 29.2 Å². The highest BCUT2D eigenvalue weighted by Gasteiger charge is 2.27. The average molecular weight is 619 g/mol. The Labute approximate surface area is 253 Å². The Morgan fingerprint density at radius 3 is 2.55 bits per heavy atom. The van der Waals surface area contributed by atoms with E-state index in [1.54, 1.807) is 23.2 Å². The maximum atomic E-state index is 14.0. The number of rotatable bonds is 9. The Kier molecular flexibility index (Phi) is 9.89. The van der Waals surface area contributed by atoms with Crippen molar-refractivity contribution in [2.24, 2.45) is 0 Å².